The molecule has 0 unspecified atom stereocenters. The number of hydrogen-bond donors (Lipinski definition) is 0. The van der Waals surface area contributed by atoms with Crippen LogP contribution in [0.25, 0.3) is 5.69 Å². The molecule has 1 saturated heterocycles. The monoisotopic (exact) mass is 333 g/mol. The van der Waals surface area contributed by atoms with Crippen LogP contribution in [-0.2, 0) is 4.79 Å². The Hall–Kier alpha value is -2.01. The predicted octanol–water partition coefficient (Wildman–Crippen LogP) is 3.31. The van der Waals surface area contributed by atoms with Crippen LogP contribution < -0.4 is 4.74 Å². The Kier molecular flexibility index (Phi) is 4.31. The Morgan fingerprint density at radius 3 is 2.52 bits per heavy atom. The highest BCUT2D eigenvalue weighted by molar-refractivity contribution is 6.31. The van der Waals surface area contributed by atoms with E-state index < -0.39 is 5.60 Å². The van der Waals surface area contributed by atoms with E-state index in [4.69, 9.17) is 16.3 Å². The number of nitrogens with zero attached hydrogens (tertiary/aromatic N) is 3. The zero-order valence-electron chi connectivity index (χ0n) is 13.3. The number of halogens is 1. The molecule has 6 heteroatoms. The molecule has 0 atom stereocenters. The molecule has 1 aromatic heterocycles. The van der Waals surface area contributed by atoms with E-state index in [0.717, 1.165) is 31.6 Å². The molecule has 1 amide bonds. The Bertz CT molecular complexity index is 691. The quantitative estimate of drug-likeness (QED) is 0.862. The summed E-state index contributed by atoms with van der Waals surface area (Å²) in [5.74, 6) is 0.244. The van der Waals surface area contributed by atoms with Gasteiger partial charge in [-0.2, -0.15) is 0 Å². The molecule has 1 aliphatic heterocycles. The molecule has 5 nitrogen and oxygen atoms in total. The van der Waals surface area contributed by atoms with Gasteiger partial charge in [0.15, 0.2) is 5.60 Å². The highest BCUT2D eigenvalue weighted by atomic mass is 35.5. The summed E-state index contributed by atoms with van der Waals surface area (Å²) in [5.41, 5.74) is -0.114. The second kappa shape index (κ2) is 6.24. The molecular formula is C17H20ClN3O2. The lowest BCUT2D eigenvalue weighted by Gasteiger charge is -2.28. The molecule has 0 N–H and O–H groups in total. The van der Waals surface area contributed by atoms with E-state index in [-0.39, 0.29) is 11.8 Å². The highest BCUT2D eigenvalue weighted by Crippen LogP contribution is 2.28. The predicted molar refractivity (Wildman–Crippen MR) is 89.1 cm³/mol. The van der Waals surface area contributed by atoms with Gasteiger partial charge < -0.3 is 9.64 Å². The van der Waals surface area contributed by atoms with Gasteiger partial charge in [-0.25, -0.2) is 4.68 Å². The number of carbonyl (C=O) groups is 1. The summed E-state index contributed by atoms with van der Waals surface area (Å²) in [4.78, 5) is 14.4. The summed E-state index contributed by atoms with van der Waals surface area (Å²) in [6.45, 7) is 5.09. The summed E-state index contributed by atoms with van der Waals surface area (Å²) >= 11 is 6.23. The van der Waals surface area contributed by atoms with Gasteiger partial charge in [0.05, 0.1) is 11.9 Å². The minimum Gasteiger partial charge on any atom is -0.459 e. The van der Waals surface area contributed by atoms with Crippen molar-refractivity contribution in [3.05, 3.63) is 41.6 Å². The first-order valence-corrected chi connectivity index (χ1v) is 8.14. The lowest BCUT2D eigenvalue weighted by molar-refractivity contribution is -0.144. The third kappa shape index (κ3) is 3.34. The summed E-state index contributed by atoms with van der Waals surface area (Å²) in [6.07, 6.45) is 3.78. The second-order valence-corrected chi connectivity index (χ2v) is 6.58. The van der Waals surface area contributed by atoms with Gasteiger partial charge in [-0.3, -0.25) is 4.79 Å². The van der Waals surface area contributed by atoms with Crippen LogP contribution >= 0.6 is 11.6 Å². The van der Waals surface area contributed by atoms with Crippen LogP contribution in [0.2, 0.25) is 5.02 Å². The molecule has 122 valence electrons. The Labute approximate surface area is 140 Å². The molecule has 1 fully saturated rings. The molecule has 0 aliphatic carbocycles. The fraction of sp³-hybridized carbons (Fsp3) is 0.412. The van der Waals surface area contributed by atoms with Crippen molar-refractivity contribution in [3.63, 3.8) is 0 Å². The van der Waals surface area contributed by atoms with Crippen molar-refractivity contribution in [3.8, 4) is 11.6 Å². The number of ether oxygens (including phenoxy) is 1. The van der Waals surface area contributed by atoms with Gasteiger partial charge >= 0.3 is 0 Å². The average Bonchev–Trinajstić information content (AvgIpc) is 3.18. The highest BCUT2D eigenvalue weighted by Gasteiger charge is 2.36. The van der Waals surface area contributed by atoms with Gasteiger partial charge in [-0.15, -0.1) is 5.10 Å². The lowest BCUT2D eigenvalue weighted by atomic mass is 10.1. The van der Waals surface area contributed by atoms with Crippen LogP contribution in [-0.4, -0.2) is 39.3 Å². The number of carbonyl (C=O) groups excluding carboxylic acids is 1. The molecule has 1 aromatic carbocycles. The van der Waals surface area contributed by atoms with E-state index in [9.17, 15) is 4.79 Å². The van der Waals surface area contributed by atoms with E-state index in [2.05, 4.69) is 5.10 Å². The molecule has 23 heavy (non-hydrogen) atoms. The fourth-order valence-electron chi connectivity index (χ4n) is 2.71. The Morgan fingerprint density at radius 1 is 1.22 bits per heavy atom. The second-order valence-electron chi connectivity index (χ2n) is 6.17. The van der Waals surface area contributed by atoms with E-state index in [0.29, 0.717) is 5.02 Å². The molecule has 0 spiro atoms. The number of rotatable bonds is 4. The molecule has 0 bridgehead atoms. The average molecular weight is 334 g/mol. The number of benzene rings is 1. The van der Waals surface area contributed by atoms with Gasteiger partial charge in [0.1, 0.15) is 5.02 Å². The molecule has 1 aliphatic rings. The third-order valence-corrected chi connectivity index (χ3v) is 4.18. The lowest BCUT2D eigenvalue weighted by Crippen LogP contribution is -2.47. The van der Waals surface area contributed by atoms with E-state index >= 15 is 0 Å². The van der Waals surface area contributed by atoms with Crippen LogP contribution in [0.5, 0.6) is 5.88 Å². The van der Waals surface area contributed by atoms with Gasteiger partial charge in [-0.1, -0.05) is 29.8 Å². The molecule has 0 radical (unpaired) electrons. The number of amides is 1. The van der Waals surface area contributed by atoms with Crippen molar-refractivity contribution in [1.82, 2.24) is 14.7 Å². The smallest absolute Gasteiger partial charge is 0.266 e. The van der Waals surface area contributed by atoms with Gasteiger partial charge in [0.2, 0.25) is 0 Å². The third-order valence-electron chi connectivity index (χ3n) is 3.92. The largest absolute Gasteiger partial charge is 0.459 e. The standard InChI is InChI=1S/C17H20ClN3O2/c1-17(2,16(22)20-10-6-7-11-20)23-15-14(18)12-21(19-15)13-8-4-3-5-9-13/h3-5,8-9,12H,6-7,10-11H2,1-2H3. The van der Waals surface area contributed by atoms with Crippen molar-refractivity contribution in [2.24, 2.45) is 0 Å². The SMILES string of the molecule is CC(C)(Oc1nn(-c2ccccc2)cc1Cl)C(=O)N1CCCC1. The molecule has 2 aromatic rings. The Morgan fingerprint density at radius 2 is 1.87 bits per heavy atom. The molecular weight excluding hydrogens is 314 g/mol. The topological polar surface area (TPSA) is 47.4 Å². The van der Waals surface area contributed by atoms with Crippen LogP contribution in [0.1, 0.15) is 26.7 Å². The zero-order valence-corrected chi connectivity index (χ0v) is 14.1. The first-order valence-electron chi connectivity index (χ1n) is 7.76. The van der Waals surface area contributed by atoms with Crippen molar-refractivity contribution in [1.29, 1.82) is 0 Å². The van der Waals surface area contributed by atoms with Crippen molar-refractivity contribution in [2.75, 3.05) is 13.1 Å². The first-order chi connectivity index (χ1) is 11.0. The molecule has 0 saturated carbocycles. The zero-order chi connectivity index (χ0) is 16.4. The minimum absolute atomic E-state index is 0.0275. The van der Waals surface area contributed by atoms with Crippen LogP contribution in [0.3, 0.4) is 0 Å². The number of aromatic nitrogens is 2. The summed E-state index contributed by atoms with van der Waals surface area (Å²) < 4.78 is 7.50. The van der Waals surface area contributed by atoms with Crippen LogP contribution in [0.4, 0.5) is 0 Å². The van der Waals surface area contributed by atoms with Crippen LogP contribution in [0, 0.1) is 0 Å². The maximum Gasteiger partial charge on any atom is 0.266 e. The van der Waals surface area contributed by atoms with Gasteiger partial charge in [-0.05, 0) is 38.8 Å². The van der Waals surface area contributed by atoms with Gasteiger partial charge in [0, 0.05) is 13.1 Å². The number of para-hydroxylation sites is 1. The fourth-order valence-corrected chi connectivity index (χ4v) is 2.87. The van der Waals surface area contributed by atoms with E-state index in [1.807, 2.05) is 35.2 Å². The number of likely N-dealkylation sites (tertiary alicyclic amines) is 1. The van der Waals surface area contributed by atoms with E-state index in [1.54, 1.807) is 24.7 Å². The van der Waals surface area contributed by atoms with Gasteiger partial charge in [0.25, 0.3) is 11.8 Å². The first kappa shape index (κ1) is 15.9. The van der Waals surface area contributed by atoms with Crippen molar-refractivity contribution < 1.29 is 9.53 Å². The number of hydrogen-bond acceptors (Lipinski definition) is 3. The van der Waals surface area contributed by atoms with Crippen LogP contribution in [0.15, 0.2) is 36.5 Å². The summed E-state index contributed by atoms with van der Waals surface area (Å²) in [6, 6.07) is 9.63. The summed E-state index contributed by atoms with van der Waals surface area (Å²) in [7, 11) is 0. The maximum absolute atomic E-state index is 12.6. The summed E-state index contributed by atoms with van der Waals surface area (Å²) in [5, 5.41) is 4.75. The van der Waals surface area contributed by atoms with E-state index in [1.165, 1.54) is 0 Å². The minimum atomic E-state index is -0.996. The molecule has 2 heterocycles. The van der Waals surface area contributed by atoms with Crippen molar-refractivity contribution in [2.45, 2.75) is 32.3 Å². The molecule has 3 rings (SSSR count). The Balaban J connectivity index is 1.79. The normalized spacial score (nSPS) is 15.0. The van der Waals surface area contributed by atoms with Crippen molar-refractivity contribution >= 4 is 17.5 Å². The maximum atomic E-state index is 12.6.